The van der Waals surface area contributed by atoms with Gasteiger partial charge in [0.15, 0.2) is 0 Å². The summed E-state index contributed by atoms with van der Waals surface area (Å²) in [4.78, 5) is 2.66. The quantitative estimate of drug-likeness (QED) is 0.622. The summed E-state index contributed by atoms with van der Waals surface area (Å²) in [5.41, 5.74) is 0. The van der Waals surface area contributed by atoms with Crippen molar-refractivity contribution in [3.8, 4) is 0 Å². The zero-order chi connectivity index (χ0) is 10.9. The van der Waals surface area contributed by atoms with Gasteiger partial charge in [-0.25, -0.2) is 0 Å². The lowest BCUT2D eigenvalue weighted by Crippen LogP contribution is -2.27. The molecule has 1 rings (SSSR count). The van der Waals surface area contributed by atoms with Gasteiger partial charge in [0.2, 0.25) is 0 Å². The first-order chi connectivity index (χ1) is 7.34. The molecule has 90 valence electrons. The zero-order valence-electron chi connectivity index (χ0n) is 10.6. The Bertz CT molecular complexity index is 147. The lowest BCUT2D eigenvalue weighted by Gasteiger charge is -2.20. The van der Waals surface area contributed by atoms with E-state index in [1.165, 1.54) is 58.2 Å². The Balaban J connectivity index is 1.84. The highest BCUT2D eigenvalue weighted by atomic mass is 15.2. The van der Waals surface area contributed by atoms with Crippen LogP contribution in [0.4, 0.5) is 0 Å². The molecule has 2 nitrogen and oxygen atoms in total. The van der Waals surface area contributed by atoms with E-state index in [0.717, 1.165) is 12.6 Å². The molecule has 1 N–H and O–H groups in total. The van der Waals surface area contributed by atoms with Crippen molar-refractivity contribution in [1.29, 1.82) is 0 Å². The largest absolute Gasteiger partial charge is 0.317 e. The van der Waals surface area contributed by atoms with Crippen LogP contribution in [0, 0.1) is 0 Å². The third kappa shape index (κ3) is 5.53. The van der Waals surface area contributed by atoms with Gasteiger partial charge in [0.05, 0.1) is 0 Å². The van der Waals surface area contributed by atoms with Crippen LogP contribution in [0.15, 0.2) is 0 Å². The maximum absolute atomic E-state index is 3.38. The Morgan fingerprint density at radius 2 is 2.00 bits per heavy atom. The first-order valence-electron chi connectivity index (χ1n) is 6.79. The second-order valence-electron chi connectivity index (χ2n) is 4.79. The van der Waals surface area contributed by atoms with Crippen LogP contribution in [0.5, 0.6) is 0 Å². The summed E-state index contributed by atoms with van der Waals surface area (Å²) in [6.07, 6.45) is 8.39. The lowest BCUT2D eigenvalue weighted by molar-refractivity contribution is 0.262. The number of nitrogens with zero attached hydrogens (tertiary/aromatic N) is 1. The fourth-order valence-corrected chi connectivity index (χ4v) is 2.42. The van der Waals surface area contributed by atoms with Gasteiger partial charge < -0.3 is 10.2 Å². The molecule has 1 heterocycles. The maximum Gasteiger partial charge on any atom is 0.00674 e. The van der Waals surface area contributed by atoms with E-state index in [1.54, 1.807) is 0 Å². The van der Waals surface area contributed by atoms with E-state index in [2.05, 4.69) is 24.1 Å². The van der Waals surface area contributed by atoms with E-state index < -0.39 is 0 Å². The van der Waals surface area contributed by atoms with Crippen LogP contribution in [0.3, 0.4) is 0 Å². The van der Waals surface area contributed by atoms with Crippen LogP contribution in [-0.2, 0) is 0 Å². The van der Waals surface area contributed by atoms with E-state index in [9.17, 15) is 0 Å². The number of likely N-dealkylation sites (tertiary alicyclic amines) is 1. The van der Waals surface area contributed by atoms with Crippen LogP contribution in [0.1, 0.15) is 52.4 Å². The minimum absolute atomic E-state index is 0.853. The topological polar surface area (TPSA) is 15.3 Å². The van der Waals surface area contributed by atoms with Crippen LogP contribution < -0.4 is 5.32 Å². The van der Waals surface area contributed by atoms with E-state index in [0.29, 0.717) is 0 Å². The summed E-state index contributed by atoms with van der Waals surface area (Å²) < 4.78 is 0. The predicted octanol–water partition coefficient (Wildman–Crippen LogP) is 2.64. The van der Waals surface area contributed by atoms with Crippen LogP contribution >= 0.6 is 0 Å². The summed E-state index contributed by atoms with van der Waals surface area (Å²) in [6, 6.07) is 0.853. The molecule has 1 unspecified atom stereocenters. The molecule has 1 aliphatic rings. The highest BCUT2D eigenvalue weighted by Crippen LogP contribution is 2.16. The Labute approximate surface area is 95.4 Å². The molecule has 1 aliphatic heterocycles. The number of unbranched alkanes of at least 4 members (excludes halogenated alkanes) is 3. The molecule has 0 aliphatic carbocycles. The normalized spacial score (nSPS) is 22.4. The van der Waals surface area contributed by atoms with E-state index in [-0.39, 0.29) is 0 Å². The maximum atomic E-state index is 3.38. The highest BCUT2D eigenvalue weighted by molar-refractivity contribution is 4.74. The number of hydrogen-bond acceptors (Lipinski definition) is 2. The Morgan fingerprint density at radius 1 is 1.20 bits per heavy atom. The molecule has 0 bridgehead atoms. The summed E-state index contributed by atoms with van der Waals surface area (Å²) >= 11 is 0. The van der Waals surface area contributed by atoms with Crippen molar-refractivity contribution in [2.75, 3.05) is 26.2 Å². The molecule has 15 heavy (non-hydrogen) atoms. The third-order valence-electron chi connectivity index (χ3n) is 3.49. The molecule has 1 atom stereocenters. The second-order valence-corrected chi connectivity index (χ2v) is 4.79. The molecule has 0 amide bonds. The van der Waals surface area contributed by atoms with Crippen molar-refractivity contribution in [2.24, 2.45) is 0 Å². The summed E-state index contributed by atoms with van der Waals surface area (Å²) in [7, 11) is 0. The lowest BCUT2D eigenvalue weighted by atomic mass is 10.2. The van der Waals surface area contributed by atoms with E-state index >= 15 is 0 Å². The third-order valence-corrected chi connectivity index (χ3v) is 3.49. The van der Waals surface area contributed by atoms with E-state index in [1.807, 2.05) is 0 Å². The van der Waals surface area contributed by atoms with Gasteiger partial charge in [-0.1, -0.05) is 19.8 Å². The minimum atomic E-state index is 0.853. The van der Waals surface area contributed by atoms with Crippen molar-refractivity contribution in [2.45, 2.75) is 58.4 Å². The Kier molecular flexibility index (Phi) is 7.03. The molecule has 0 aromatic heterocycles. The summed E-state index contributed by atoms with van der Waals surface area (Å²) in [5.74, 6) is 0. The zero-order valence-corrected chi connectivity index (χ0v) is 10.6. The summed E-state index contributed by atoms with van der Waals surface area (Å²) in [6.45, 7) is 9.55. The molecule has 0 saturated carbocycles. The Hall–Kier alpha value is -0.0800. The number of nitrogens with one attached hydrogen (secondary N) is 1. The summed E-state index contributed by atoms with van der Waals surface area (Å²) in [5, 5.41) is 3.38. The molecule has 0 radical (unpaired) electrons. The predicted molar refractivity (Wildman–Crippen MR) is 67.3 cm³/mol. The van der Waals surface area contributed by atoms with Crippen LogP contribution in [0.2, 0.25) is 0 Å². The van der Waals surface area contributed by atoms with Gasteiger partial charge in [-0.3, -0.25) is 0 Å². The van der Waals surface area contributed by atoms with Crippen molar-refractivity contribution < 1.29 is 0 Å². The first kappa shape index (κ1) is 13.0. The van der Waals surface area contributed by atoms with Gasteiger partial charge in [0, 0.05) is 6.04 Å². The molecular formula is C13H28N2. The molecule has 1 fully saturated rings. The average Bonchev–Trinajstić information content (AvgIpc) is 2.63. The average molecular weight is 212 g/mol. The van der Waals surface area contributed by atoms with Crippen molar-refractivity contribution in [1.82, 2.24) is 10.2 Å². The van der Waals surface area contributed by atoms with Crippen LogP contribution in [-0.4, -0.2) is 37.1 Å². The standard InChI is InChI=1S/C13H28N2/c1-3-14-10-6-4-5-7-11-15-12-8-9-13(15)2/h13-14H,3-12H2,1-2H3. The van der Waals surface area contributed by atoms with Crippen molar-refractivity contribution in [3.63, 3.8) is 0 Å². The van der Waals surface area contributed by atoms with Crippen LogP contribution in [0.25, 0.3) is 0 Å². The van der Waals surface area contributed by atoms with Gasteiger partial charge in [-0.2, -0.15) is 0 Å². The molecule has 2 heteroatoms. The van der Waals surface area contributed by atoms with E-state index in [4.69, 9.17) is 0 Å². The molecule has 1 saturated heterocycles. The Morgan fingerprint density at radius 3 is 2.67 bits per heavy atom. The molecular weight excluding hydrogens is 184 g/mol. The minimum Gasteiger partial charge on any atom is -0.317 e. The number of rotatable bonds is 8. The fourth-order valence-electron chi connectivity index (χ4n) is 2.42. The van der Waals surface area contributed by atoms with Gasteiger partial charge in [0.25, 0.3) is 0 Å². The van der Waals surface area contributed by atoms with Gasteiger partial charge in [-0.05, 0) is 58.8 Å². The molecule has 0 spiro atoms. The highest BCUT2D eigenvalue weighted by Gasteiger charge is 2.18. The van der Waals surface area contributed by atoms with Crippen molar-refractivity contribution in [3.05, 3.63) is 0 Å². The second kappa shape index (κ2) is 8.12. The smallest absolute Gasteiger partial charge is 0.00674 e. The van der Waals surface area contributed by atoms with Gasteiger partial charge in [-0.15, -0.1) is 0 Å². The molecule has 0 aromatic carbocycles. The fraction of sp³-hybridized carbons (Fsp3) is 1.00. The van der Waals surface area contributed by atoms with Crippen molar-refractivity contribution >= 4 is 0 Å². The molecule has 0 aromatic rings. The SMILES string of the molecule is CCNCCCCCCN1CCCC1C. The van der Waals surface area contributed by atoms with Gasteiger partial charge in [0.1, 0.15) is 0 Å². The first-order valence-corrected chi connectivity index (χ1v) is 6.79. The van der Waals surface area contributed by atoms with Gasteiger partial charge >= 0.3 is 0 Å². The number of hydrogen-bond donors (Lipinski definition) is 1. The monoisotopic (exact) mass is 212 g/mol.